The number of hydrogen-bond donors (Lipinski definition) is 2. The normalized spacial score (nSPS) is 27.7. The van der Waals surface area contributed by atoms with E-state index in [0.29, 0.717) is 19.6 Å². The Balaban J connectivity index is 1.96. The molecule has 5 heteroatoms. The van der Waals surface area contributed by atoms with Crippen molar-refractivity contribution >= 4 is 5.91 Å². The molecule has 1 amide bonds. The van der Waals surface area contributed by atoms with Gasteiger partial charge in [0, 0.05) is 24.6 Å². The number of carbonyl (C=O) groups excluding carboxylic acids is 1. The number of nitrogens with one attached hydrogen (secondary N) is 1. The number of aromatic nitrogens is 1. The van der Waals surface area contributed by atoms with Crippen molar-refractivity contribution in [1.82, 2.24) is 10.3 Å². The van der Waals surface area contributed by atoms with E-state index in [0.717, 1.165) is 5.69 Å². The Morgan fingerprint density at radius 3 is 2.85 bits per heavy atom. The van der Waals surface area contributed by atoms with Crippen LogP contribution in [0.3, 0.4) is 0 Å². The van der Waals surface area contributed by atoms with Gasteiger partial charge >= 0.3 is 0 Å². The van der Waals surface area contributed by atoms with Gasteiger partial charge in [0.1, 0.15) is 5.54 Å². The quantitative estimate of drug-likeness (QED) is 0.848. The molecule has 0 saturated heterocycles. The van der Waals surface area contributed by atoms with Crippen LogP contribution in [0, 0.1) is 5.41 Å². The first kappa shape index (κ1) is 14.9. The minimum Gasteiger partial charge on any atom is -0.378 e. The average Bonchev–Trinajstić information content (AvgIpc) is 2.45. The lowest BCUT2D eigenvalue weighted by Gasteiger charge is -2.57. The number of nitrogens with two attached hydrogens (primary N) is 1. The van der Waals surface area contributed by atoms with Gasteiger partial charge in [-0.15, -0.1) is 0 Å². The highest BCUT2D eigenvalue weighted by Gasteiger charge is 2.62. The number of pyridine rings is 1. The SMILES string of the molecule is CCOC1CC(N)(C(=O)NCc2ccccn2)C1(C)C. The van der Waals surface area contributed by atoms with Gasteiger partial charge in [0.05, 0.1) is 18.3 Å². The zero-order valence-electron chi connectivity index (χ0n) is 12.3. The van der Waals surface area contributed by atoms with Gasteiger partial charge in [-0.05, 0) is 19.1 Å². The number of rotatable bonds is 5. The van der Waals surface area contributed by atoms with E-state index in [-0.39, 0.29) is 17.4 Å². The number of nitrogens with zero attached hydrogens (tertiary/aromatic N) is 1. The van der Waals surface area contributed by atoms with Crippen molar-refractivity contribution < 1.29 is 9.53 Å². The number of ether oxygens (including phenoxy) is 1. The van der Waals surface area contributed by atoms with E-state index < -0.39 is 5.54 Å². The van der Waals surface area contributed by atoms with Crippen molar-refractivity contribution in [2.24, 2.45) is 11.1 Å². The monoisotopic (exact) mass is 277 g/mol. The zero-order chi connectivity index (χ0) is 14.8. The largest absolute Gasteiger partial charge is 0.378 e. The molecule has 2 rings (SSSR count). The lowest BCUT2D eigenvalue weighted by atomic mass is 9.54. The standard InChI is InChI=1S/C15H23N3O2/c1-4-20-12-9-15(16,14(12,2)3)13(19)18-10-11-7-5-6-8-17-11/h5-8,12H,4,9-10,16H2,1-3H3,(H,18,19). The van der Waals surface area contributed by atoms with E-state index in [9.17, 15) is 4.79 Å². The predicted octanol–water partition coefficient (Wildman–Crippen LogP) is 1.23. The molecular weight excluding hydrogens is 254 g/mol. The van der Waals surface area contributed by atoms with Gasteiger partial charge in [-0.2, -0.15) is 0 Å². The molecule has 0 radical (unpaired) electrons. The van der Waals surface area contributed by atoms with Crippen LogP contribution in [0.4, 0.5) is 0 Å². The van der Waals surface area contributed by atoms with Crippen molar-refractivity contribution in [3.63, 3.8) is 0 Å². The summed E-state index contributed by atoms with van der Waals surface area (Å²) in [5.41, 5.74) is 5.88. The highest BCUT2D eigenvalue weighted by atomic mass is 16.5. The number of carbonyl (C=O) groups is 1. The molecule has 1 aliphatic rings. The molecule has 110 valence electrons. The maximum atomic E-state index is 12.4. The Labute approximate surface area is 119 Å². The molecule has 1 aliphatic carbocycles. The molecule has 1 heterocycles. The van der Waals surface area contributed by atoms with Crippen molar-refractivity contribution in [3.8, 4) is 0 Å². The highest BCUT2D eigenvalue weighted by Crippen LogP contribution is 2.49. The second-order valence-corrected chi connectivity index (χ2v) is 5.84. The third kappa shape index (κ3) is 2.43. The van der Waals surface area contributed by atoms with Gasteiger partial charge < -0.3 is 15.8 Å². The van der Waals surface area contributed by atoms with Crippen molar-refractivity contribution in [2.45, 2.75) is 45.4 Å². The fraction of sp³-hybridized carbons (Fsp3) is 0.600. The van der Waals surface area contributed by atoms with Gasteiger partial charge in [-0.3, -0.25) is 9.78 Å². The topological polar surface area (TPSA) is 77.2 Å². The molecule has 0 spiro atoms. The molecule has 0 aromatic carbocycles. The first-order valence-corrected chi connectivity index (χ1v) is 7.00. The molecule has 2 unspecified atom stereocenters. The lowest BCUT2D eigenvalue weighted by molar-refractivity contribution is -0.170. The fourth-order valence-electron chi connectivity index (χ4n) is 2.65. The zero-order valence-corrected chi connectivity index (χ0v) is 12.3. The molecular formula is C15H23N3O2. The summed E-state index contributed by atoms with van der Waals surface area (Å²) in [4.78, 5) is 16.5. The Morgan fingerprint density at radius 1 is 1.55 bits per heavy atom. The number of amides is 1. The lowest BCUT2D eigenvalue weighted by Crippen LogP contribution is -2.75. The molecule has 1 aromatic rings. The molecule has 3 N–H and O–H groups in total. The Morgan fingerprint density at radius 2 is 2.30 bits per heavy atom. The Bertz CT molecular complexity index is 475. The van der Waals surface area contributed by atoms with Crippen LogP contribution in [0.2, 0.25) is 0 Å². The van der Waals surface area contributed by atoms with Crippen LogP contribution in [0.1, 0.15) is 32.9 Å². The van der Waals surface area contributed by atoms with Gasteiger partial charge in [-0.25, -0.2) is 0 Å². The smallest absolute Gasteiger partial charge is 0.241 e. The molecule has 1 saturated carbocycles. The first-order chi connectivity index (χ1) is 9.41. The summed E-state index contributed by atoms with van der Waals surface area (Å²) in [6.45, 7) is 6.95. The van der Waals surface area contributed by atoms with E-state index >= 15 is 0 Å². The molecule has 1 aromatic heterocycles. The van der Waals surface area contributed by atoms with Crippen molar-refractivity contribution in [2.75, 3.05) is 6.61 Å². The molecule has 1 fully saturated rings. The predicted molar refractivity (Wildman–Crippen MR) is 76.8 cm³/mol. The molecule has 0 aliphatic heterocycles. The van der Waals surface area contributed by atoms with Gasteiger partial charge in [-0.1, -0.05) is 19.9 Å². The summed E-state index contributed by atoms with van der Waals surface area (Å²) >= 11 is 0. The van der Waals surface area contributed by atoms with Gasteiger partial charge in [0.25, 0.3) is 0 Å². The molecule has 2 atom stereocenters. The summed E-state index contributed by atoms with van der Waals surface area (Å²) in [7, 11) is 0. The van der Waals surface area contributed by atoms with E-state index in [4.69, 9.17) is 10.5 Å². The van der Waals surface area contributed by atoms with Crippen LogP contribution >= 0.6 is 0 Å². The van der Waals surface area contributed by atoms with Crippen LogP contribution in [-0.2, 0) is 16.1 Å². The van der Waals surface area contributed by atoms with Crippen LogP contribution in [0.15, 0.2) is 24.4 Å². The minimum atomic E-state index is -0.873. The van der Waals surface area contributed by atoms with E-state index in [1.165, 1.54) is 0 Å². The van der Waals surface area contributed by atoms with Crippen molar-refractivity contribution in [1.29, 1.82) is 0 Å². The fourth-order valence-corrected chi connectivity index (χ4v) is 2.65. The molecule has 20 heavy (non-hydrogen) atoms. The summed E-state index contributed by atoms with van der Waals surface area (Å²) < 4.78 is 5.63. The molecule has 0 bridgehead atoms. The van der Waals surface area contributed by atoms with Crippen LogP contribution in [-0.4, -0.2) is 29.1 Å². The first-order valence-electron chi connectivity index (χ1n) is 7.00. The average molecular weight is 277 g/mol. The Hall–Kier alpha value is -1.46. The summed E-state index contributed by atoms with van der Waals surface area (Å²) in [6, 6.07) is 5.61. The van der Waals surface area contributed by atoms with Gasteiger partial charge in [0.15, 0.2) is 0 Å². The third-order valence-electron chi connectivity index (χ3n) is 4.39. The number of hydrogen-bond acceptors (Lipinski definition) is 4. The summed E-state index contributed by atoms with van der Waals surface area (Å²) in [5.74, 6) is -0.135. The maximum absolute atomic E-state index is 12.4. The van der Waals surface area contributed by atoms with Crippen molar-refractivity contribution in [3.05, 3.63) is 30.1 Å². The summed E-state index contributed by atoms with van der Waals surface area (Å²) in [5, 5.41) is 2.88. The summed E-state index contributed by atoms with van der Waals surface area (Å²) in [6.07, 6.45) is 2.30. The highest BCUT2D eigenvalue weighted by molar-refractivity contribution is 5.88. The van der Waals surface area contributed by atoms with Gasteiger partial charge in [0.2, 0.25) is 5.91 Å². The van der Waals surface area contributed by atoms with E-state index in [1.807, 2.05) is 39.0 Å². The second-order valence-electron chi connectivity index (χ2n) is 5.84. The van der Waals surface area contributed by atoms with Crippen LogP contribution in [0.25, 0.3) is 0 Å². The van der Waals surface area contributed by atoms with E-state index in [2.05, 4.69) is 10.3 Å². The molecule has 5 nitrogen and oxygen atoms in total. The van der Waals surface area contributed by atoms with Crippen LogP contribution < -0.4 is 11.1 Å². The second kappa shape index (κ2) is 5.50. The van der Waals surface area contributed by atoms with E-state index in [1.54, 1.807) is 6.20 Å². The Kier molecular flexibility index (Phi) is 4.11. The minimum absolute atomic E-state index is 0.0399. The maximum Gasteiger partial charge on any atom is 0.241 e. The third-order valence-corrected chi connectivity index (χ3v) is 4.39. The van der Waals surface area contributed by atoms with Crippen LogP contribution in [0.5, 0.6) is 0 Å².